The molecule has 0 bridgehead atoms. The van der Waals surface area contributed by atoms with E-state index in [9.17, 15) is 9.18 Å². The van der Waals surface area contributed by atoms with Crippen molar-refractivity contribution in [3.05, 3.63) is 59.6 Å². The molecule has 4 rings (SSSR count). The van der Waals surface area contributed by atoms with Gasteiger partial charge in [0.15, 0.2) is 0 Å². The predicted octanol–water partition coefficient (Wildman–Crippen LogP) is 4.86. The standard InChI is InChI=1S/C23H25FN2O2S/c1-14(2)22(27)25-13-23(3)21-19(9-10-26-23)18-8-7-17(12-20(18)28-21)29-16-6-4-5-15(24)11-16/h4-8,11-12,14,26H,9-10,13H2,1-3H3,(H,25,27). The number of halogens is 1. The quantitative estimate of drug-likeness (QED) is 0.629. The van der Waals surface area contributed by atoms with Crippen LogP contribution in [0.25, 0.3) is 11.0 Å². The van der Waals surface area contributed by atoms with Crippen molar-refractivity contribution in [3.63, 3.8) is 0 Å². The van der Waals surface area contributed by atoms with Crippen LogP contribution in [0.2, 0.25) is 0 Å². The third-order valence-electron chi connectivity index (χ3n) is 5.33. The minimum atomic E-state index is -0.451. The van der Waals surface area contributed by atoms with Gasteiger partial charge in [-0.2, -0.15) is 0 Å². The molecule has 0 saturated carbocycles. The highest BCUT2D eigenvalue weighted by molar-refractivity contribution is 7.99. The van der Waals surface area contributed by atoms with Gasteiger partial charge in [-0.05, 0) is 49.7 Å². The van der Waals surface area contributed by atoms with Crippen molar-refractivity contribution in [3.8, 4) is 0 Å². The summed E-state index contributed by atoms with van der Waals surface area (Å²) >= 11 is 1.51. The molecule has 0 fully saturated rings. The van der Waals surface area contributed by atoms with Crippen LogP contribution in [-0.2, 0) is 16.8 Å². The van der Waals surface area contributed by atoms with Gasteiger partial charge in [0.25, 0.3) is 0 Å². The van der Waals surface area contributed by atoms with Crippen LogP contribution in [0.5, 0.6) is 0 Å². The third-order valence-corrected chi connectivity index (χ3v) is 6.31. The first-order valence-electron chi connectivity index (χ1n) is 9.88. The normalized spacial score (nSPS) is 18.8. The van der Waals surface area contributed by atoms with E-state index in [0.29, 0.717) is 6.54 Å². The van der Waals surface area contributed by atoms with E-state index in [2.05, 4.69) is 23.6 Å². The molecule has 1 aliphatic heterocycles. The first kappa shape index (κ1) is 20.0. The van der Waals surface area contributed by atoms with Gasteiger partial charge in [-0.25, -0.2) is 4.39 Å². The van der Waals surface area contributed by atoms with Crippen molar-refractivity contribution in [1.82, 2.24) is 10.6 Å². The molecule has 29 heavy (non-hydrogen) atoms. The van der Waals surface area contributed by atoms with Gasteiger partial charge >= 0.3 is 0 Å². The molecule has 2 aromatic carbocycles. The number of amides is 1. The maximum absolute atomic E-state index is 13.5. The van der Waals surface area contributed by atoms with Gasteiger partial charge in [0.05, 0.1) is 5.54 Å². The fourth-order valence-corrected chi connectivity index (χ4v) is 4.60. The molecule has 1 amide bonds. The number of fused-ring (bicyclic) bond motifs is 3. The number of rotatable bonds is 5. The van der Waals surface area contributed by atoms with Crippen LogP contribution in [0.3, 0.4) is 0 Å². The first-order valence-corrected chi connectivity index (χ1v) is 10.7. The van der Waals surface area contributed by atoms with Crippen molar-refractivity contribution in [2.75, 3.05) is 13.1 Å². The molecule has 0 spiro atoms. The van der Waals surface area contributed by atoms with Gasteiger partial charge in [-0.15, -0.1) is 0 Å². The van der Waals surface area contributed by atoms with Gasteiger partial charge in [0, 0.05) is 39.7 Å². The molecular weight excluding hydrogens is 387 g/mol. The third kappa shape index (κ3) is 4.05. The maximum Gasteiger partial charge on any atom is 0.222 e. The molecule has 3 aromatic rings. The van der Waals surface area contributed by atoms with Gasteiger partial charge in [-0.1, -0.05) is 31.7 Å². The number of hydrogen-bond donors (Lipinski definition) is 2. The van der Waals surface area contributed by atoms with Gasteiger partial charge < -0.3 is 15.1 Å². The summed E-state index contributed by atoms with van der Waals surface area (Å²) in [6.07, 6.45) is 0.881. The Labute approximate surface area is 174 Å². The smallest absolute Gasteiger partial charge is 0.222 e. The van der Waals surface area contributed by atoms with Crippen LogP contribution in [0.15, 0.2) is 56.7 Å². The molecule has 4 nitrogen and oxygen atoms in total. The van der Waals surface area contributed by atoms with Crippen molar-refractivity contribution in [2.45, 2.75) is 42.5 Å². The van der Waals surface area contributed by atoms with Crippen LogP contribution < -0.4 is 10.6 Å². The summed E-state index contributed by atoms with van der Waals surface area (Å²) in [5.41, 5.74) is 1.57. The highest BCUT2D eigenvalue weighted by Crippen LogP contribution is 2.38. The van der Waals surface area contributed by atoms with E-state index >= 15 is 0 Å². The van der Waals surface area contributed by atoms with E-state index in [1.807, 2.05) is 32.0 Å². The first-order chi connectivity index (χ1) is 13.9. The summed E-state index contributed by atoms with van der Waals surface area (Å²) in [5, 5.41) is 7.64. The molecule has 0 saturated heterocycles. The Balaban J connectivity index is 1.64. The zero-order valence-electron chi connectivity index (χ0n) is 16.8. The fraction of sp³-hybridized carbons (Fsp3) is 0.348. The Morgan fingerprint density at radius 2 is 2.07 bits per heavy atom. The molecule has 152 valence electrons. The molecular formula is C23H25FN2O2S. The van der Waals surface area contributed by atoms with E-state index in [1.165, 1.54) is 29.5 Å². The van der Waals surface area contributed by atoms with Gasteiger partial charge in [0.1, 0.15) is 17.2 Å². The molecule has 0 aliphatic carbocycles. The highest BCUT2D eigenvalue weighted by Gasteiger charge is 2.37. The minimum Gasteiger partial charge on any atom is -0.459 e. The summed E-state index contributed by atoms with van der Waals surface area (Å²) in [5.74, 6) is 0.621. The van der Waals surface area contributed by atoms with Crippen LogP contribution in [0, 0.1) is 11.7 Å². The van der Waals surface area contributed by atoms with Crippen molar-refractivity contribution in [2.24, 2.45) is 5.92 Å². The van der Waals surface area contributed by atoms with E-state index < -0.39 is 5.54 Å². The maximum atomic E-state index is 13.5. The Kier molecular flexibility index (Phi) is 5.40. The average Bonchev–Trinajstić information content (AvgIpc) is 3.06. The van der Waals surface area contributed by atoms with E-state index in [-0.39, 0.29) is 17.6 Å². The number of furan rings is 1. The van der Waals surface area contributed by atoms with Crippen molar-refractivity contribution >= 4 is 28.6 Å². The lowest BCUT2D eigenvalue weighted by molar-refractivity contribution is -0.124. The number of benzene rings is 2. The van der Waals surface area contributed by atoms with E-state index in [4.69, 9.17) is 4.42 Å². The molecule has 1 atom stereocenters. The Bertz CT molecular complexity index is 1060. The van der Waals surface area contributed by atoms with E-state index in [1.54, 1.807) is 6.07 Å². The largest absolute Gasteiger partial charge is 0.459 e. The van der Waals surface area contributed by atoms with Gasteiger partial charge in [0.2, 0.25) is 5.91 Å². The SMILES string of the molecule is CC(C)C(=O)NCC1(C)NCCc2c1oc1cc(Sc3cccc(F)c3)ccc21. The van der Waals surface area contributed by atoms with Crippen LogP contribution in [-0.4, -0.2) is 19.0 Å². The summed E-state index contributed by atoms with van der Waals surface area (Å²) < 4.78 is 19.8. The monoisotopic (exact) mass is 412 g/mol. The minimum absolute atomic E-state index is 0.0324. The molecule has 6 heteroatoms. The van der Waals surface area contributed by atoms with Crippen molar-refractivity contribution in [1.29, 1.82) is 0 Å². The molecule has 2 N–H and O–H groups in total. The fourth-order valence-electron chi connectivity index (χ4n) is 3.71. The molecule has 1 aliphatic rings. The molecule has 1 unspecified atom stereocenters. The Morgan fingerprint density at radius 3 is 2.83 bits per heavy atom. The van der Waals surface area contributed by atoms with Crippen LogP contribution in [0.4, 0.5) is 4.39 Å². The van der Waals surface area contributed by atoms with Crippen LogP contribution >= 0.6 is 11.8 Å². The molecule has 0 radical (unpaired) electrons. The summed E-state index contributed by atoms with van der Waals surface area (Å²) in [7, 11) is 0. The second-order valence-electron chi connectivity index (χ2n) is 8.01. The van der Waals surface area contributed by atoms with Crippen LogP contribution in [0.1, 0.15) is 32.1 Å². The summed E-state index contributed by atoms with van der Waals surface area (Å²) in [6, 6.07) is 12.7. The Morgan fingerprint density at radius 1 is 1.28 bits per heavy atom. The summed E-state index contributed by atoms with van der Waals surface area (Å²) in [4.78, 5) is 13.9. The lowest BCUT2D eigenvalue weighted by atomic mass is 9.89. The second kappa shape index (κ2) is 7.84. The van der Waals surface area contributed by atoms with Crippen molar-refractivity contribution < 1.29 is 13.6 Å². The molecule has 2 heterocycles. The Hall–Kier alpha value is -2.31. The number of carbonyl (C=O) groups is 1. The highest BCUT2D eigenvalue weighted by atomic mass is 32.2. The second-order valence-corrected chi connectivity index (χ2v) is 9.16. The number of hydrogen-bond acceptors (Lipinski definition) is 4. The zero-order chi connectivity index (χ0) is 20.6. The van der Waals surface area contributed by atoms with E-state index in [0.717, 1.165) is 39.5 Å². The molecule has 1 aromatic heterocycles. The lowest BCUT2D eigenvalue weighted by Gasteiger charge is -2.34. The number of nitrogens with one attached hydrogen (secondary N) is 2. The predicted molar refractivity (Wildman–Crippen MR) is 114 cm³/mol. The number of carbonyl (C=O) groups excluding carboxylic acids is 1. The zero-order valence-corrected chi connectivity index (χ0v) is 17.7. The summed E-state index contributed by atoms with van der Waals surface area (Å²) in [6.45, 7) is 7.14. The average molecular weight is 413 g/mol. The lowest BCUT2D eigenvalue weighted by Crippen LogP contribution is -2.52. The van der Waals surface area contributed by atoms with Gasteiger partial charge in [-0.3, -0.25) is 4.79 Å². The topological polar surface area (TPSA) is 54.3 Å².